The summed E-state index contributed by atoms with van der Waals surface area (Å²) >= 11 is 0. The molecule has 0 aliphatic rings. The summed E-state index contributed by atoms with van der Waals surface area (Å²) in [5, 5.41) is 1.91. The van der Waals surface area contributed by atoms with Crippen LogP contribution in [0, 0.1) is 0 Å². The second-order valence-corrected chi connectivity index (χ2v) is 4.48. The van der Waals surface area contributed by atoms with Gasteiger partial charge in [-0.2, -0.15) is 8.78 Å². The number of amides is 1. The van der Waals surface area contributed by atoms with E-state index in [4.69, 9.17) is 5.73 Å². The largest absolute Gasteiger partial charge is 0.471 e. The first kappa shape index (κ1) is 22.2. The van der Waals surface area contributed by atoms with Crippen molar-refractivity contribution >= 4 is 18.3 Å². The lowest BCUT2D eigenvalue weighted by Crippen LogP contribution is -2.41. The van der Waals surface area contributed by atoms with E-state index in [1.807, 2.05) is 5.32 Å². The Morgan fingerprint density at radius 3 is 2.38 bits per heavy atom. The number of hydrogen-bond donors (Lipinski definition) is 2. The Bertz CT molecular complexity index is 530. The van der Waals surface area contributed by atoms with Gasteiger partial charge >= 0.3 is 12.3 Å². The number of pyridine rings is 1. The van der Waals surface area contributed by atoms with E-state index in [1.54, 1.807) is 0 Å². The number of halogens is 7. The Morgan fingerprint density at radius 2 is 1.92 bits per heavy atom. The molecule has 1 amide bonds. The van der Waals surface area contributed by atoms with Crippen LogP contribution in [0.1, 0.15) is 10.4 Å². The monoisotopic (exact) mass is 381 g/mol. The summed E-state index contributed by atoms with van der Waals surface area (Å²) in [5.74, 6) is -8.93. The van der Waals surface area contributed by atoms with E-state index in [1.165, 1.54) is 0 Å². The molecule has 0 fully saturated rings. The molecular weight excluding hydrogens is 368 g/mol. The van der Waals surface area contributed by atoms with E-state index in [0.717, 1.165) is 18.3 Å². The van der Waals surface area contributed by atoms with Gasteiger partial charge in [0.15, 0.2) is 6.61 Å². The van der Waals surface area contributed by atoms with Gasteiger partial charge in [0.25, 0.3) is 11.8 Å². The zero-order chi connectivity index (χ0) is 17.7. The Balaban J connectivity index is 0.00000529. The first-order valence-corrected chi connectivity index (χ1v) is 6.18. The van der Waals surface area contributed by atoms with Gasteiger partial charge in [-0.15, -0.1) is 12.4 Å². The lowest BCUT2D eigenvalue weighted by molar-refractivity contribution is -0.148. The van der Waals surface area contributed by atoms with Crippen molar-refractivity contribution in [2.75, 3.05) is 19.7 Å². The lowest BCUT2D eigenvalue weighted by atomic mass is 10.2. The van der Waals surface area contributed by atoms with Gasteiger partial charge < -0.3 is 15.8 Å². The van der Waals surface area contributed by atoms with E-state index >= 15 is 0 Å². The fourth-order valence-electron chi connectivity index (χ4n) is 1.22. The van der Waals surface area contributed by atoms with Crippen molar-refractivity contribution in [1.82, 2.24) is 10.3 Å². The van der Waals surface area contributed by atoms with Gasteiger partial charge in [0.2, 0.25) is 5.88 Å². The molecule has 12 heteroatoms. The third kappa shape index (κ3) is 6.79. The minimum Gasteiger partial charge on any atom is -0.471 e. The maximum absolute atomic E-state index is 12.9. The fraction of sp³-hybridized carbons (Fsp3) is 0.500. The zero-order valence-corrected chi connectivity index (χ0v) is 12.8. The quantitative estimate of drug-likeness (QED) is 0.676. The standard InChI is InChI=1S/C12H13F6N3O2.ClH/c13-10(14)12(17,18)6-23-8-2-1-7(3-20-8)9(22)21-5-11(15,16)4-19;/h1-3,10H,4-6,19H2,(H,21,22);1H. The molecule has 0 saturated carbocycles. The molecule has 0 aliphatic carbocycles. The van der Waals surface area contributed by atoms with E-state index in [-0.39, 0.29) is 18.0 Å². The molecule has 1 heterocycles. The average molecular weight is 382 g/mol. The van der Waals surface area contributed by atoms with Crippen LogP contribution in [0.5, 0.6) is 5.88 Å². The molecule has 0 saturated heterocycles. The van der Waals surface area contributed by atoms with Crippen LogP contribution < -0.4 is 15.8 Å². The SMILES string of the molecule is Cl.NCC(F)(F)CNC(=O)c1ccc(OCC(F)(F)C(F)F)nc1. The number of alkyl halides is 6. The Labute approximate surface area is 139 Å². The summed E-state index contributed by atoms with van der Waals surface area (Å²) in [6, 6.07) is 2.02. The third-order valence-corrected chi connectivity index (χ3v) is 2.54. The smallest absolute Gasteiger partial charge is 0.340 e. The van der Waals surface area contributed by atoms with Crippen molar-refractivity contribution in [1.29, 1.82) is 0 Å². The maximum Gasteiger partial charge on any atom is 0.340 e. The van der Waals surface area contributed by atoms with Gasteiger partial charge in [0, 0.05) is 12.3 Å². The number of carbonyl (C=O) groups excluding carboxylic acids is 1. The lowest BCUT2D eigenvalue weighted by Gasteiger charge is -2.16. The van der Waals surface area contributed by atoms with Crippen LogP contribution in [0.4, 0.5) is 26.3 Å². The molecule has 1 aromatic heterocycles. The minimum absolute atomic E-state index is 0. The third-order valence-electron chi connectivity index (χ3n) is 2.54. The molecule has 138 valence electrons. The summed E-state index contributed by atoms with van der Waals surface area (Å²) in [4.78, 5) is 15.0. The molecule has 0 bridgehead atoms. The number of carbonyl (C=O) groups is 1. The first-order chi connectivity index (χ1) is 10.6. The highest BCUT2D eigenvalue weighted by Gasteiger charge is 2.41. The number of hydrogen-bond acceptors (Lipinski definition) is 4. The van der Waals surface area contributed by atoms with E-state index in [2.05, 4.69) is 9.72 Å². The molecule has 3 N–H and O–H groups in total. The number of nitrogens with zero attached hydrogens (tertiary/aromatic N) is 1. The summed E-state index contributed by atoms with van der Waals surface area (Å²) in [6.45, 7) is -3.52. The summed E-state index contributed by atoms with van der Waals surface area (Å²) < 4.78 is 79.2. The fourth-order valence-corrected chi connectivity index (χ4v) is 1.22. The molecule has 1 rings (SSSR count). The normalized spacial score (nSPS) is 11.8. The minimum atomic E-state index is -4.34. The number of aromatic nitrogens is 1. The summed E-state index contributed by atoms with van der Waals surface area (Å²) in [5.41, 5.74) is 4.65. The van der Waals surface area contributed by atoms with Crippen molar-refractivity contribution in [2.45, 2.75) is 18.3 Å². The first-order valence-electron chi connectivity index (χ1n) is 6.18. The van der Waals surface area contributed by atoms with Gasteiger partial charge in [-0.25, -0.2) is 22.5 Å². The second-order valence-electron chi connectivity index (χ2n) is 4.48. The van der Waals surface area contributed by atoms with Gasteiger partial charge in [-0.05, 0) is 6.07 Å². The van der Waals surface area contributed by atoms with Gasteiger partial charge in [0.1, 0.15) is 0 Å². The van der Waals surface area contributed by atoms with Gasteiger partial charge in [-0.3, -0.25) is 4.79 Å². The highest BCUT2D eigenvalue weighted by atomic mass is 35.5. The predicted octanol–water partition coefficient (Wildman–Crippen LogP) is 2.11. The predicted molar refractivity (Wildman–Crippen MR) is 74.3 cm³/mol. The molecule has 0 unspecified atom stereocenters. The van der Waals surface area contributed by atoms with Crippen molar-refractivity contribution in [2.24, 2.45) is 5.73 Å². The molecule has 0 atom stereocenters. The summed E-state index contributed by atoms with van der Waals surface area (Å²) in [7, 11) is 0. The second kappa shape index (κ2) is 8.92. The topological polar surface area (TPSA) is 77.2 Å². The molecule has 24 heavy (non-hydrogen) atoms. The molecule has 0 aliphatic heterocycles. The van der Waals surface area contributed by atoms with E-state index < -0.39 is 49.8 Å². The molecule has 1 aromatic rings. The van der Waals surface area contributed by atoms with Crippen molar-refractivity contribution in [3.8, 4) is 5.88 Å². The van der Waals surface area contributed by atoms with E-state index in [9.17, 15) is 31.1 Å². The van der Waals surface area contributed by atoms with Crippen molar-refractivity contribution in [3.63, 3.8) is 0 Å². The Hall–Kier alpha value is -1.75. The van der Waals surface area contributed by atoms with Crippen LogP contribution in [-0.4, -0.2) is 48.9 Å². The van der Waals surface area contributed by atoms with Crippen molar-refractivity contribution in [3.05, 3.63) is 23.9 Å². The molecule has 0 radical (unpaired) electrons. The molecule has 0 spiro atoms. The van der Waals surface area contributed by atoms with Gasteiger partial charge in [-0.1, -0.05) is 0 Å². The van der Waals surface area contributed by atoms with Crippen molar-refractivity contribution < 1.29 is 35.9 Å². The Kier molecular flexibility index (Phi) is 8.27. The number of rotatable bonds is 8. The molecule has 0 aromatic carbocycles. The number of nitrogens with two attached hydrogens (primary N) is 1. The van der Waals surface area contributed by atoms with Crippen LogP contribution in [0.2, 0.25) is 0 Å². The summed E-state index contributed by atoms with van der Waals surface area (Å²) in [6.07, 6.45) is -3.03. The zero-order valence-electron chi connectivity index (χ0n) is 11.9. The average Bonchev–Trinajstić information content (AvgIpc) is 2.51. The van der Waals surface area contributed by atoms with Crippen LogP contribution in [-0.2, 0) is 0 Å². The highest BCUT2D eigenvalue weighted by Crippen LogP contribution is 2.23. The highest BCUT2D eigenvalue weighted by molar-refractivity contribution is 5.93. The molecular formula is C12H14ClF6N3O2. The van der Waals surface area contributed by atoms with E-state index in [0.29, 0.717) is 0 Å². The van der Waals surface area contributed by atoms with Gasteiger partial charge in [0.05, 0.1) is 18.7 Å². The van der Waals surface area contributed by atoms with Crippen LogP contribution in [0.25, 0.3) is 0 Å². The number of nitrogens with one attached hydrogen (secondary N) is 1. The van der Waals surface area contributed by atoms with Crippen LogP contribution in [0.3, 0.4) is 0 Å². The van der Waals surface area contributed by atoms with Crippen LogP contribution in [0.15, 0.2) is 18.3 Å². The number of ether oxygens (including phenoxy) is 1. The Morgan fingerprint density at radius 1 is 1.29 bits per heavy atom. The van der Waals surface area contributed by atoms with Crippen LogP contribution >= 0.6 is 12.4 Å². The molecule has 5 nitrogen and oxygen atoms in total. The maximum atomic E-state index is 12.9.